The van der Waals surface area contributed by atoms with E-state index in [1.54, 1.807) is 14.2 Å². The lowest BCUT2D eigenvalue weighted by atomic mass is 10.2. The van der Waals surface area contributed by atoms with Gasteiger partial charge in [0.15, 0.2) is 0 Å². The molecule has 0 aliphatic heterocycles. The molecule has 6 nitrogen and oxygen atoms in total. The fourth-order valence-electron chi connectivity index (χ4n) is 2.19. The lowest BCUT2D eigenvalue weighted by molar-refractivity contribution is 0.295. The average molecular weight is 391 g/mol. The zero-order chi connectivity index (χ0) is 16.9. The fraction of sp³-hybridized carbons (Fsp3) is 0.176. The Morgan fingerprint density at radius 3 is 2.42 bits per heavy atom. The van der Waals surface area contributed by atoms with Crippen LogP contribution < -0.4 is 14.2 Å². The molecular formula is C17H15BrN2O4. The Morgan fingerprint density at radius 2 is 1.79 bits per heavy atom. The molecular weight excluding hydrogens is 376 g/mol. The third kappa shape index (κ3) is 3.51. The van der Waals surface area contributed by atoms with Crippen molar-refractivity contribution in [3.05, 3.63) is 52.8 Å². The Balaban J connectivity index is 1.73. The smallest absolute Gasteiger partial charge is 0.247 e. The van der Waals surface area contributed by atoms with Gasteiger partial charge in [0.1, 0.15) is 23.9 Å². The number of ether oxygens (including phenoxy) is 3. The molecule has 0 bridgehead atoms. The van der Waals surface area contributed by atoms with Crippen molar-refractivity contribution in [1.82, 2.24) is 10.2 Å². The number of rotatable bonds is 6. The summed E-state index contributed by atoms with van der Waals surface area (Å²) >= 11 is 3.44. The largest absolute Gasteiger partial charge is 0.496 e. The van der Waals surface area contributed by atoms with E-state index in [0.29, 0.717) is 12.5 Å². The van der Waals surface area contributed by atoms with Gasteiger partial charge >= 0.3 is 0 Å². The van der Waals surface area contributed by atoms with Crippen LogP contribution in [0.25, 0.3) is 11.5 Å². The molecule has 2 aromatic carbocycles. The number of methoxy groups -OCH3 is 2. The van der Waals surface area contributed by atoms with Crippen molar-refractivity contribution >= 4 is 15.9 Å². The van der Waals surface area contributed by atoms with Gasteiger partial charge in [-0.05, 0) is 52.3 Å². The van der Waals surface area contributed by atoms with Crippen LogP contribution in [0.5, 0.6) is 17.2 Å². The summed E-state index contributed by atoms with van der Waals surface area (Å²) in [7, 11) is 3.24. The highest BCUT2D eigenvalue weighted by Gasteiger charge is 2.11. The number of halogens is 1. The first-order valence-electron chi connectivity index (χ1n) is 7.11. The minimum Gasteiger partial charge on any atom is -0.496 e. The Kier molecular flexibility index (Phi) is 5.00. The van der Waals surface area contributed by atoms with Gasteiger partial charge in [0, 0.05) is 11.1 Å². The highest BCUT2D eigenvalue weighted by atomic mass is 79.9. The van der Waals surface area contributed by atoms with Gasteiger partial charge in [0.2, 0.25) is 12.3 Å². The van der Waals surface area contributed by atoms with E-state index < -0.39 is 0 Å². The molecule has 0 radical (unpaired) electrons. The molecule has 7 heteroatoms. The summed E-state index contributed by atoms with van der Waals surface area (Å²) in [5, 5.41) is 7.53. The van der Waals surface area contributed by atoms with E-state index in [-0.39, 0.29) is 0 Å². The van der Waals surface area contributed by atoms with E-state index in [9.17, 15) is 0 Å². The maximum atomic E-state index is 5.83. The highest BCUT2D eigenvalue weighted by molar-refractivity contribution is 9.10. The first-order chi connectivity index (χ1) is 11.7. The van der Waals surface area contributed by atoms with Crippen LogP contribution in [0.2, 0.25) is 0 Å². The first kappa shape index (κ1) is 16.3. The van der Waals surface area contributed by atoms with Gasteiger partial charge in [0.05, 0.1) is 18.7 Å². The summed E-state index contributed by atoms with van der Waals surface area (Å²) in [6.07, 6.45) is 1.30. The van der Waals surface area contributed by atoms with E-state index in [4.69, 9.17) is 18.6 Å². The number of aromatic nitrogens is 2. The number of hydrogen-bond donors (Lipinski definition) is 0. The van der Waals surface area contributed by atoms with E-state index in [0.717, 1.165) is 32.8 Å². The highest BCUT2D eigenvalue weighted by Crippen LogP contribution is 2.33. The molecule has 0 saturated carbocycles. The van der Waals surface area contributed by atoms with Gasteiger partial charge in [0.25, 0.3) is 0 Å². The normalized spacial score (nSPS) is 10.5. The van der Waals surface area contributed by atoms with Crippen LogP contribution in [-0.2, 0) is 6.61 Å². The molecule has 0 amide bonds. The SMILES string of the molecule is COc1cc(COc2ccc(-c3nnco3)cc2)c(OC)cc1Br. The molecule has 0 unspecified atom stereocenters. The van der Waals surface area contributed by atoms with Crippen LogP contribution in [0, 0.1) is 0 Å². The van der Waals surface area contributed by atoms with Crippen LogP contribution in [0.15, 0.2) is 51.7 Å². The molecule has 1 heterocycles. The Morgan fingerprint density at radius 1 is 1.04 bits per heavy atom. The second-order valence-electron chi connectivity index (χ2n) is 4.86. The summed E-state index contributed by atoms with van der Waals surface area (Å²) in [5.74, 6) is 2.65. The van der Waals surface area contributed by atoms with Gasteiger partial charge in [-0.3, -0.25) is 0 Å². The summed E-state index contributed by atoms with van der Waals surface area (Å²) in [6.45, 7) is 0.354. The minimum absolute atomic E-state index is 0.354. The fourth-order valence-corrected chi connectivity index (χ4v) is 2.67. The quantitative estimate of drug-likeness (QED) is 0.631. The standard InChI is InChI=1S/C17H15BrN2O4/c1-21-15-8-14(18)16(22-2)7-12(15)9-23-13-5-3-11(4-6-13)17-20-19-10-24-17/h3-8,10H,9H2,1-2H3. The molecule has 0 fully saturated rings. The van der Waals surface area contributed by atoms with Crippen LogP contribution in [0.1, 0.15) is 5.56 Å². The number of hydrogen-bond acceptors (Lipinski definition) is 6. The van der Waals surface area contributed by atoms with Gasteiger partial charge < -0.3 is 18.6 Å². The number of nitrogens with zero attached hydrogens (tertiary/aromatic N) is 2. The summed E-state index contributed by atoms with van der Waals surface area (Å²) in [4.78, 5) is 0. The van der Waals surface area contributed by atoms with E-state index in [2.05, 4.69) is 26.1 Å². The van der Waals surface area contributed by atoms with Crippen LogP contribution in [0.3, 0.4) is 0 Å². The number of benzene rings is 2. The van der Waals surface area contributed by atoms with Gasteiger partial charge in [-0.2, -0.15) is 0 Å². The van der Waals surface area contributed by atoms with E-state index in [1.807, 2.05) is 36.4 Å². The maximum Gasteiger partial charge on any atom is 0.247 e. The summed E-state index contributed by atoms with van der Waals surface area (Å²) in [5.41, 5.74) is 1.72. The zero-order valence-electron chi connectivity index (χ0n) is 13.2. The molecule has 124 valence electrons. The summed E-state index contributed by atoms with van der Waals surface area (Å²) < 4.78 is 22.5. The third-order valence-corrected chi connectivity index (χ3v) is 4.03. The molecule has 0 atom stereocenters. The van der Waals surface area contributed by atoms with Crippen molar-refractivity contribution in [2.75, 3.05) is 14.2 Å². The van der Waals surface area contributed by atoms with Crippen LogP contribution >= 0.6 is 15.9 Å². The first-order valence-corrected chi connectivity index (χ1v) is 7.90. The van der Waals surface area contributed by atoms with E-state index in [1.165, 1.54) is 6.39 Å². The molecule has 3 rings (SSSR count). The topological polar surface area (TPSA) is 66.6 Å². The van der Waals surface area contributed by atoms with Crippen LogP contribution in [0.4, 0.5) is 0 Å². The lowest BCUT2D eigenvalue weighted by Crippen LogP contribution is -2.00. The van der Waals surface area contributed by atoms with Gasteiger partial charge in [-0.15, -0.1) is 10.2 Å². The van der Waals surface area contributed by atoms with Gasteiger partial charge in [-0.25, -0.2) is 0 Å². The molecule has 24 heavy (non-hydrogen) atoms. The molecule has 0 N–H and O–H groups in total. The van der Waals surface area contributed by atoms with Crippen molar-refractivity contribution in [3.8, 4) is 28.7 Å². The van der Waals surface area contributed by atoms with Crippen molar-refractivity contribution < 1.29 is 18.6 Å². The van der Waals surface area contributed by atoms with E-state index >= 15 is 0 Å². The van der Waals surface area contributed by atoms with Crippen molar-refractivity contribution in [3.63, 3.8) is 0 Å². The zero-order valence-corrected chi connectivity index (χ0v) is 14.7. The average Bonchev–Trinajstić information content (AvgIpc) is 3.15. The molecule has 0 saturated heterocycles. The second kappa shape index (κ2) is 7.35. The Hall–Kier alpha value is -2.54. The molecule has 0 aliphatic carbocycles. The molecule has 0 spiro atoms. The Bertz CT molecular complexity index is 804. The van der Waals surface area contributed by atoms with Crippen molar-refractivity contribution in [1.29, 1.82) is 0 Å². The maximum absolute atomic E-state index is 5.83. The Labute approximate surface area is 147 Å². The van der Waals surface area contributed by atoms with Gasteiger partial charge in [-0.1, -0.05) is 0 Å². The third-order valence-electron chi connectivity index (χ3n) is 3.41. The lowest BCUT2D eigenvalue weighted by Gasteiger charge is -2.13. The predicted octanol–water partition coefficient (Wildman–Crippen LogP) is 4.10. The summed E-state index contributed by atoms with van der Waals surface area (Å²) in [6, 6.07) is 11.2. The minimum atomic E-state index is 0.354. The predicted molar refractivity (Wildman–Crippen MR) is 91.3 cm³/mol. The molecule has 3 aromatic rings. The molecule has 0 aliphatic rings. The molecule has 1 aromatic heterocycles. The monoisotopic (exact) mass is 390 g/mol. The van der Waals surface area contributed by atoms with Crippen LogP contribution in [-0.4, -0.2) is 24.4 Å². The van der Waals surface area contributed by atoms with Crippen molar-refractivity contribution in [2.24, 2.45) is 0 Å². The second-order valence-corrected chi connectivity index (χ2v) is 5.71. The van der Waals surface area contributed by atoms with Crippen molar-refractivity contribution in [2.45, 2.75) is 6.61 Å².